The minimum absolute atomic E-state index is 0.0578. The number of sulfonamides is 1. The number of anilines is 2. The summed E-state index contributed by atoms with van der Waals surface area (Å²) in [5, 5.41) is 8.64. The molecule has 33 heavy (non-hydrogen) atoms. The van der Waals surface area contributed by atoms with E-state index in [2.05, 4.69) is 20.2 Å². The topological polar surface area (TPSA) is 114 Å². The molecule has 2 aromatic carbocycles. The molecule has 0 fully saturated rings. The van der Waals surface area contributed by atoms with E-state index >= 15 is 0 Å². The fourth-order valence-electron chi connectivity index (χ4n) is 3.12. The van der Waals surface area contributed by atoms with Crippen LogP contribution in [-0.4, -0.2) is 24.5 Å². The van der Waals surface area contributed by atoms with Gasteiger partial charge in [-0.3, -0.25) is 9.52 Å². The van der Waals surface area contributed by atoms with Gasteiger partial charge < -0.3 is 9.84 Å². The highest BCUT2D eigenvalue weighted by molar-refractivity contribution is 7.92. The molecule has 0 spiro atoms. The van der Waals surface area contributed by atoms with Crippen molar-refractivity contribution in [3.63, 3.8) is 0 Å². The van der Waals surface area contributed by atoms with Crippen LogP contribution < -0.4 is 10.0 Å². The summed E-state index contributed by atoms with van der Waals surface area (Å²) in [7, 11) is -3.81. The minimum Gasteiger partial charge on any atom is -0.339 e. The largest absolute Gasteiger partial charge is 0.339 e. The molecule has 1 amide bonds. The maximum Gasteiger partial charge on any atom is 0.261 e. The van der Waals surface area contributed by atoms with Gasteiger partial charge in [0.25, 0.3) is 10.0 Å². The molecule has 0 saturated carbocycles. The highest BCUT2D eigenvalue weighted by atomic mass is 32.2. The number of aryl methyl sites for hydroxylation is 3. The van der Waals surface area contributed by atoms with Crippen LogP contribution in [0.4, 0.5) is 11.4 Å². The third-order valence-corrected chi connectivity index (χ3v) is 7.08. The lowest BCUT2D eigenvalue weighted by Gasteiger charge is -2.12. The van der Waals surface area contributed by atoms with Crippen LogP contribution in [0.2, 0.25) is 0 Å². The zero-order chi connectivity index (χ0) is 23.4. The quantitative estimate of drug-likeness (QED) is 0.373. The number of rotatable bonds is 8. The van der Waals surface area contributed by atoms with Crippen molar-refractivity contribution >= 4 is 38.6 Å². The molecular formula is C23H22N4O4S2. The maximum atomic E-state index is 12.8. The van der Waals surface area contributed by atoms with Crippen molar-refractivity contribution in [1.29, 1.82) is 0 Å². The van der Waals surface area contributed by atoms with Crippen LogP contribution in [0.5, 0.6) is 0 Å². The molecule has 170 valence electrons. The first-order valence-corrected chi connectivity index (χ1v) is 12.5. The van der Waals surface area contributed by atoms with Crippen molar-refractivity contribution in [3.05, 3.63) is 77.0 Å². The molecule has 8 nitrogen and oxygen atoms in total. The Hall–Kier alpha value is -3.50. The predicted octanol–water partition coefficient (Wildman–Crippen LogP) is 4.79. The minimum atomic E-state index is -3.81. The van der Waals surface area contributed by atoms with Gasteiger partial charge in [-0.05, 0) is 60.7 Å². The zero-order valence-corrected chi connectivity index (χ0v) is 19.7. The Kier molecular flexibility index (Phi) is 6.57. The number of carbonyl (C=O) groups excluding carboxylic acids is 1. The Morgan fingerprint density at radius 2 is 1.94 bits per heavy atom. The van der Waals surface area contributed by atoms with Crippen molar-refractivity contribution in [2.24, 2.45) is 0 Å². The van der Waals surface area contributed by atoms with Gasteiger partial charge in [-0.1, -0.05) is 29.4 Å². The molecule has 2 aromatic heterocycles. The summed E-state index contributed by atoms with van der Waals surface area (Å²) in [6.45, 7) is 3.68. The summed E-state index contributed by atoms with van der Waals surface area (Å²) in [5.41, 5.74) is 2.59. The van der Waals surface area contributed by atoms with Gasteiger partial charge in [-0.15, -0.1) is 11.3 Å². The number of aromatic nitrogens is 2. The summed E-state index contributed by atoms with van der Waals surface area (Å²) < 4.78 is 33.4. The highest BCUT2D eigenvalue weighted by Crippen LogP contribution is 2.24. The highest BCUT2D eigenvalue weighted by Gasteiger charge is 2.17. The molecule has 0 atom stereocenters. The van der Waals surface area contributed by atoms with Gasteiger partial charge in [-0.25, -0.2) is 8.42 Å². The summed E-state index contributed by atoms with van der Waals surface area (Å²) >= 11 is 1.50. The number of nitrogens with one attached hydrogen (secondary N) is 2. The van der Waals surface area contributed by atoms with Crippen LogP contribution >= 0.6 is 11.3 Å². The summed E-state index contributed by atoms with van der Waals surface area (Å²) in [6, 6.07) is 15.5. The SMILES string of the molecule is Cc1cccc(NS(=O)(=O)c2ccc(C)c(NC(=O)CCc3nc(-c4cccs4)no3)c2)c1. The third-order valence-electron chi connectivity index (χ3n) is 4.84. The lowest BCUT2D eigenvalue weighted by atomic mass is 10.2. The average molecular weight is 483 g/mol. The molecule has 0 aliphatic rings. The second kappa shape index (κ2) is 9.55. The second-order valence-electron chi connectivity index (χ2n) is 7.49. The van der Waals surface area contributed by atoms with E-state index < -0.39 is 10.0 Å². The number of benzene rings is 2. The van der Waals surface area contributed by atoms with E-state index in [-0.39, 0.29) is 23.6 Å². The van der Waals surface area contributed by atoms with Crippen molar-refractivity contribution in [1.82, 2.24) is 10.1 Å². The van der Waals surface area contributed by atoms with E-state index in [1.165, 1.54) is 23.5 Å². The Morgan fingerprint density at radius 3 is 2.70 bits per heavy atom. The smallest absolute Gasteiger partial charge is 0.261 e. The van der Waals surface area contributed by atoms with Crippen molar-refractivity contribution < 1.29 is 17.7 Å². The number of nitrogens with zero attached hydrogens (tertiary/aromatic N) is 2. The van der Waals surface area contributed by atoms with E-state index in [0.29, 0.717) is 23.1 Å². The first-order chi connectivity index (χ1) is 15.8. The Bertz CT molecular complexity index is 1380. The monoisotopic (exact) mass is 482 g/mol. The van der Waals surface area contributed by atoms with Gasteiger partial charge in [0.05, 0.1) is 9.77 Å². The Labute approximate surface area is 195 Å². The number of thiophene rings is 1. The predicted molar refractivity (Wildman–Crippen MR) is 128 cm³/mol. The van der Waals surface area contributed by atoms with Crippen LogP contribution in [0, 0.1) is 13.8 Å². The standard InChI is InChI=1S/C23H22N4O4S2/c1-15-5-3-6-17(13-15)27-33(29,30)18-9-8-16(2)19(14-18)24-21(28)10-11-22-25-23(26-31-22)20-7-4-12-32-20/h3-9,12-14,27H,10-11H2,1-2H3,(H,24,28). The van der Waals surface area contributed by atoms with Crippen LogP contribution in [0.1, 0.15) is 23.4 Å². The molecule has 2 heterocycles. The van der Waals surface area contributed by atoms with Gasteiger partial charge in [0, 0.05) is 24.2 Å². The van der Waals surface area contributed by atoms with Crippen LogP contribution in [0.3, 0.4) is 0 Å². The second-order valence-corrected chi connectivity index (χ2v) is 10.1. The van der Waals surface area contributed by atoms with E-state index in [4.69, 9.17) is 4.52 Å². The summed E-state index contributed by atoms with van der Waals surface area (Å²) in [5.74, 6) is 0.578. The van der Waals surface area contributed by atoms with Crippen molar-refractivity contribution in [2.45, 2.75) is 31.6 Å². The first kappa shape index (κ1) is 22.7. The average Bonchev–Trinajstić information content (AvgIpc) is 3.45. The third kappa shape index (κ3) is 5.65. The summed E-state index contributed by atoms with van der Waals surface area (Å²) in [6.07, 6.45) is 0.389. The number of hydrogen-bond acceptors (Lipinski definition) is 7. The lowest BCUT2D eigenvalue weighted by Crippen LogP contribution is -2.16. The van der Waals surface area contributed by atoms with Crippen molar-refractivity contribution in [3.8, 4) is 10.7 Å². The first-order valence-electron chi connectivity index (χ1n) is 10.2. The normalized spacial score (nSPS) is 11.3. The fraction of sp³-hybridized carbons (Fsp3) is 0.174. The fourth-order valence-corrected chi connectivity index (χ4v) is 4.85. The Morgan fingerprint density at radius 1 is 1.09 bits per heavy atom. The van der Waals surface area contributed by atoms with E-state index in [1.54, 1.807) is 31.2 Å². The Balaban J connectivity index is 1.41. The van der Waals surface area contributed by atoms with E-state index in [0.717, 1.165) is 16.0 Å². The molecule has 10 heteroatoms. The number of carbonyl (C=O) groups is 1. The molecule has 0 bridgehead atoms. The van der Waals surface area contributed by atoms with Crippen molar-refractivity contribution in [2.75, 3.05) is 10.0 Å². The van der Waals surface area contributed by atoms with Gasteiger partial charge >= 0.3 is 0 Å². The molecule has 0 aliphatic heterocycles. The molecule has 0 radical (unpaired) electrons. The van der Waals surface area contributed by atoms with Gasteiger partial charge in [0.2, 0.25) is 17.6 Å². The number of amides is 1. The maximum absolute atomic E-state index is 12.8. The molecule has 0 saturated heterocycles. The molecule has 0 unspecified atom stereocenters. The van der Waals surface area contributed by atoms with Crippen LogP contribution in [0.25, 0.3) is 10.7 Å². The van der Waals surface area contributed by atoms with Gasteiger partial charge in [-0.2, -0.15) is 4.98 Å². The zero-order valence-electron chi connectivity index (χ0n) is 18.0. The molecule has 0 aliphatic carbocycles. The van der Waals surface area contributed by atoms with Gasteiger partial charge in [0.1, 0.15) is 0 Å². The van der Waals surface area contributed by atoms with Crippen LogP contribution in [0.15, 0.2) is 69.4 Å². The number of hydrogen-bond donors (Lipinski definition) is 2. The molecule has 4 aromatic rings. The van der Waals surface area contributed by atoms with Crippen LogP contribution in [-0.2, 0) is 21.2 Å². The summed E-state index contributed by atoms with van der Waals surface area (Å²) in [4.78, 5) is 17.8. The van der Waals surface area contributed by atoms with E-state index in [9.17, 15) is 13.2 Å². The lowest BCUT2D eigenvalue weighted by molar-refractivity contribution is -0.116. The molecular weight excluding hydrogens is 460 g/mol. The van der Waals surface area contributed by atoms with Gasteiger partial charge in [0.15, 0.2) is 0 Å². The van der Waals surface area contributed by atoms with E-state index in [1.807, 2.05) is 30.5 Å². The molecule has 2 N–H and O–H groups in total. The molecule has 4 rings (SSSR count).